The van der Waals surface area contributed by atoms with E-state index in [-0.39, 0.29) is 17.5 Å². The highest BCUT2D eigenvalue weighted by Gasteiger charge is 2.35. The summed E-state index contributed by atoms with van der Waals surface area (Å²) in [5.74, 6) is -0.0159. The van der Waals surface area contributed by atoms with Gasteiger partial charge in [0.2, 0.25) is 0 Å². The van der Waals surface area contributed by atoms with Gasteiger partial charge in [0.15, 0.2) is 0 Å². The van der Waals surface area contributed by atoms with Crippen molar-refractivity contribution >= 4 is 50.1 Å². The van der Waals surface area contributed by atoms with E-state index in [9.17, 15) is 9.59 Å². The molecule has 5 rings (SSSR count). The summed E-state index contributed by atoms with van der Waals surface area (Å²) in [5, 5.41) is 4.72. The Bertz CT molecular complexity index is 1250. The van der Waals surface area contributed by atoms with Crippen LogP contribution >= 0.6 is 34.0 Å². The van der Waals surface area contributed by atoms with Gasteiger partial charge in [0, 0.05) is 23.3 Å². The molecule has 5 heterocycles. The van der Waals surface area contributed by atoms with Crippen molar-refractivity contribution in [2.24, 2.45) is 7.05 Å². The fraction of sp³-hybridized carbons (Fsp3) is 0.250. The quantitative estimate of drug-likeness (QED) is 0.481. The summed E-state index contributed by atoms with van der Waals surface area (Å²) in [4.78, 5) is 36.3. The lowest BCUT2D eigenvalue weighted by molar-refractivity contribution is 0.0703. The maximum atomic E-state index is 13.6. The molecule has 1 unspecified atom stereocenters. The number of amides is 1. The molecular weight excluding hydrogens is 410 g/mol. The first-order valence-corrected chi connectivity index (χ1v) is 11.5. The Kier molecular flexibility index (Phi) is 4.22. The molecule has 1 atom stereocenters. The zero-order chi connectivity index (χ0) is 19.4. The standard InChI is InChI=1S/C20H17N3O2S3/c1-11-15-18(21-10-22(2)19(15)24)28-17(11)20(25)23-7-5-13-12(6-9-27-13)16(23)14-4-3-8-26-14/h3-4,6,8-10,16H,5,7H2,1-2H3. The van der Waals surface area contributed by atoms with Crippen LogP contribution in [0.1, 0.15) is 36.6 Å². The van der Waals surface area contributed by atoms with Crippen LogP contribution in [0.2, 0.25) is 0 Å². The second-order valence-electron chi connectivity index (χ2n) is 6.86. The smallest absolute Gasteiger partial charge is 0.265 e. The van der Waals surface area contributed by atoms with E-state index in [0.29, 0.717) is 21.6 Å². The molecule has 0 bridgehead atoms. The molecular formula is C20H17N3O2S3. The fourth-order valence-electron chi connectivity index (χ4n) is 3.83. The van der Waals surface area contributed by atoms with Crippen molar-refractivity contribution in [1.29, 1.82) is 0 Å². The lowest BCUT2D eigenvalue weighted by atomic mass is 9.98. The van der Waals surface area contributed by atoms with Crippen molar-refractivity contribution in [2.45, 2.75) is 19.4 Å². The molecule has 0 saturated heterocycles. The number of nitrogens with zero attached hydrogens (tertiary/aromatic N) is 3. The van der Waals surface area contributed by atoms with Gasteiger partial charge in [-0.3, -0.25) is 9.59 Å². The van der Waals surface area contributed by atoms with E-state index in [1.54, 1.807) is 29.7 Å². The zero-order valence-corrected chi connectivity index (χ0v) is 17.8. The van der Waals surface area contributed by atoms with Crippen LogP contribution in [0.15, 0.2) is 40.1 Å². The van der Waals surface area contributed by atoms with Crippen LogP contribution in [0, 0.1) is 6.92 Å². The molecule has 28 heavy (non-hydrogen) atoms. The SMILES string of the molecule is Cc1c(C(=O)N2CCc3sccc3C2c2cccs2)sc2ncn(C)c(=O)c12. The average molecular weight is 428 g/mol. The second kappa shape index (κ2) is 6.65. The third kappa shape index (κ3) is 2.59. The first kappa shape index (κ1) is 17.8. The Labute approximate surface area is 173 Å². The van der Waals surface area contributed by atoms with Crippen molar-refractivity contribution < 1.29 is 4.79 Å². The highest BCUT2D eigenvalue weighted by Crippen LogP contribution is 2.41. The Hall–Kier alpha value is -2.29. The van der Waals surface area contributed by atoms with Gasteiger partial charge in [-0.1, -0.05) is 6.07 Å². The average Bonchev–Trinajstić information content (AvgIpc) is 3.43. The van der Waals surface area contributed by atoms with Crippen LogP contribution in [-0.2, 0) is 13.5 Å². The molecule has 0 N–H and O–H groups in total. The van der Waals surface area contributed by atoms with E-state index in [4.69, 9.17) is 0 Å². The summed E-state index contributed by atoms with van der Waals surface area (Å²) in [5.41, 5.74) is 1.85. The van der Waals surface area contributed by atoms with Crippen LogP contribution < -0.4 is 5.56 Å². The topological polar surface area (TPSA) is 55.2 Å². The van der Waals surface area contributed by atoms with Crippen molar-refractivity contribution in [3.63, 3.8) is 0 Å². The molecule has 0 aliphatic carbocycles. The molecule has 0 aromatic carbocycles. The van der Waals surface area contributed by atoms with Crippen molar-refractivity contribution in [3.8, 4) is 0 Å². The fourth-order valence-corrected chi connectivity index (χ4v) is 6.69. The molecule has 1 aliphatic rings. The Balaban J connectivity index is 1.64. The Morgan fingerprint density at radius 2 is 2.11 bits per heavy atom. The van der Waals surface area contributed by atoms with Crippen LogP contribution in [0.3, 0.4) is 0 Å². The molecule has 0 radical (unpaired) electrons. The van der Waals surface area contributed by atoms with Gasteiger partial charge in [-0.2, -0.15) is 0 Å². The van der Waals surface area contributed by atoms with E-state index >= 15 is 0 Å². The minimum absolute atomic E-state index is 0.0159. The van der Waals surface area contributed by atoms with Gasteiger partial charge in [-0.15, -0.1) is 34.0 Å². The van der Waals surface area contributed by atoms with E-state index in [0.717, 1.165) is 12.0 Å². The van der Waals surface area contributed by atoms with Crippen molar-refractivity contribution in [2.75, 3.05) is 6.54 Å². The molecule has 0 saturated carbocycles. The number of hydrogen-bond donors (Lipinski definition) is 0. The number of fused-ring (bicyclic) bond motifs is 2. The van der Waals surface area contributed by atoms with Crippen LogP contribution in [0.4, 0.5) is 0 Å². The lowest BCUT2D eigenvalue weighted by Crippen LogP contribution is -2.39. The highest BCUT2D eigenvalue weighted by molar-refractivity contribution is 7.20. The zero-order valence-electron chi connectivity index (χ0n) is 15.3. The van der Waals surface area contributed by atoms with E-state index in [2.05, 4.69) is 27.9 Å². The first-order valence-electron chi connectivity index (χ1n) is 8.91. The normalized spacial score (nSPS) is 16.5. The molecule has 1 amide bonds. The van der Waals surface area contributed by atoms with E-state index < -0.39 is 0 Å². The van der Waals surface area contributed by atoms with Crippen molar-refractivity contribution in [3.05, 3.63) is 71.4 Å². The van der Waals surface area contributed by atoms with Crippen LogP contribution in [-0.4, -0.2) is 26.9 Å². The Morgan fingerprint density at radius 1 is 1.25 bits per heavy atom. The third-order valence-corrected chi connectivity index (χ3v) is 8.35. The van der Waals surface area contributed by atoms with Crippen LogP contribution in [0.25, 0.3) is 10.2 Å². The van der Waals surface area contributed by atoms with Gasteiger partial charge in [0.05, 0.1) is 22.6 Å². The van der Waals surface area contributed by atoms with E-state index in [1.165, 1.54) is 37.5 Å². The number of carbonyl (C=O) groups excluding carboxylic acids is 1. The minimum atomic E-state index is -0.105. The number of rotatable bonds is 2. The minimum Gasteiger partial charge on any atom is -0.326 e. The van der Waals surface area contributed by atoms with Gasteiger partial charge >= 0.3 is 0 Å². The van der Waals surface area contributed by atoms with Crippen molar-refractivity contribution in [1.82, 2.24) is 14.5 Å². The number of aromatic nitrogens is 2. The van der Waals surface area contributed by atoms with Gasteiger partial charge < -0.3 is 9.47 Å². The molecule has 0 fully saturated rings. The summed E-state index contributed by atoms with van der Waals surface area (Å²) in [6, 6.07) is 6.20. The molecule has 4 aromatic heterocycles. The summed E-state index contributed by atoms with van der Waals surface area (Å²) < 4.78 is 1.46. The molecule has 8 heteroatoms. The third-order valence-electron chi connectivity index (χ3n) is 5.24. The predicted octanol–water partition coefficient (Wildman–Crippen LogP) is 4.21. The van der Waals surface area contributed by atoms with Gasteiger partial charge in [0.25, 0.3) is 11.5 Å². The maximum Gasteiger partial charge on any atom is 0.265 e. The van der Waals surface area contributed by atoms with Crippen LogP contribution in [0.5, 0.6) is 0 Å². The number of carbonyl (C=O) groups is 1. The molecule has 142 valence electrons. The predicted molar refractivity (Wildman–Crippen MR) is 115 cm³/mol. The van der Waals surface area contributed by atoms with Gasteiger partial charge in [-0.05, 0) is 47.4 Å². The highest BCUT2D eigenvalue weighted by atomic mass is 32.1. The number of hydrogen-bond acceptors (Lipinski definition) is 6. The second-order valence-corrected chi connectivity index (χ2v) is 9.84. The summed E-state index contributed by atoms with van der Waals surface area (Å²) >= 11 is 4.76. The Morgan fingerprint density at radius 3 is 2.89 bits per heavy atom. The summed E-state index contributed by atoms with van der Waals surface area (Å²) in [7, 11) is 1.68. The molecule has 1 aliphatic heterocycles. The monoisotopic (exact) mass is 427 g/mol. The maximum absolute atomic E-state index is 13.6. The molecule has 0 spiro atoms. The number of thiophene rings is 3. The molecule has 5 nitrogen and oxygen atoms in total. The van der Waals surface area contributed by atoms with E-state index in [1.807, 2.05) is 17.9 Å². The first-order chi connectivity index (χ1) is 13.6. The summed E-state index contributed by atoms with van der Waals surface area (Å²) in [6.45, 7) is 2.53. The van der Waals surface area contributed by atoms with Gasteiger partial charge in [-0.25, -0.2) is 4.98 Å². The lowest BCUT2D eigenvalue weighted by Gasteiger charge is -2.35. The number of aryl methyl sites for hydroxylation is 2. The molecule has 4 aromatic rings. The van der Waals surface area contributed by atoms with Gasteiger partial charge in [0.1, 0.15) is 4.83 Å². The largest absolute Gasteiger partial charge is 0.326 e. The summed E-state index contributed by atoms with van der Waals surface area (Å²) in [6.07, 6.45) is 2.38.